The van der Waals surface area contributed by atoms with Crippen molar-refractivity contribution in [2.75, 3.05) is 19.6 Å². The van der Waals surface area contributed by atoms with Crippen LogP contribution in [0.3, 0.4) is 0 Å². The van der Waals surface area contributed by atoms with Gasteiger partial charge in [-0.25, -0.2) is 0 Å². The van der Waals surface area contributed by atoms with Crippen molar-refractivity contribution in [2.45, 2.75) is 45.7 Å². The van der Waals surface area contributed by atoms with Gasteiger partial charge in [0.2, 0.25) is 5.89 Å². The first-order chi connectivity index (χ1) is 8.72. The molecule has 5 nitrogen and oxygen atoms in total. The van der Waals surface area contributed by atoms with E-state index in [1.165, 1.54) is 12.7 Å². The van der Waals surface area contributed by atoms with Crippen LogP contribution in [0.1, 0.15) is 33.1 Å². The smallest absolute Gasteiger partial charge is 0.227 e. The summed E-state index contributed by atoms with van der Waals surface area (Å²) in [5, 5.41) is 7.23. The molecule has 0 bridgehead atoms. The maximum Gasteiger partial charge on any atom is 0.227 e. The number of piperidine rings is 1. The van der Waals surface area contributed by atoms with Gasteiger partial charge in [-0.3, -0.25) is 4.90 Å². The van der Waals surface area contributed by atoms with Crippen LogP contribution in [0.15, 0.2) is 10.9 Å². The molecule has 1 aromatic rings. The van der Waals surface area contributed by atoms with Gasteiger partial charge >= 0.3 is 0 Å². The third-order valence-corrected chi connectivity index (χ3v) is 4.19. The number of nitrogens with zero attached hydrogens (tertiary/aromatic N) is 3. The molecule has 1 fully saturated rings. The molecule has 1 aliphatic rings. The number of nitrogens with one attached hydrogen (secondary N) is 1. The molecule has 0 saturated carbocycles. The fourth-order valence-electron chi connectivity index (χ4n) is 2.85. The van der Waals surface area contributed by atoms with Gasteiger partial charge in [0.05, 0.1) is 0 Å². The fourth-order valence-corrected chi connectivity index (χ4v) is 2.85. The highest BCUT2D eigenvalue weighted by Crippen LogP contribution is 2.23. The number of likely N-dealkylation sites (tertiary alicyclic amines) is 1. The number of hydrogen-bond acceptors (Lipinski definition) is 5. The highest BCUT2D eigenvalue weighted by atomic mass is 16.5. The van der Waals surface area contributed by atoms with Gasteiger partial charge in [-0.05, 0) is 32.4 Å². The monoisotopic (exact) mass is 252 g/mol. The Labute approximate surface area is 109 Å². The third kappa shape index (κ3) is 3.09. The lowest BCUT2D eigenvalue weighted by Gasteiger charge is -2.43. The molecule has 0 amide bonds. The normalized spacial score (nSPS) is 29.6. The van der Waals surface area contributed by atoms with Crippen LogP contribution in [0.2, 0.25) is 0 Å². The maximum atomic E-state index is 5.05. The molecular weight excluding hydrogens is 228 g/mol. The summed E-state index contributed by atoms with van der Waals surface area (Å²) in [5.74, 6) is 1.42. The second-order valence-corrected chi connectivity index (χ2v) is 5.17. The molecule has 3 atom stereocenters. The number of hydrogen-bond donors (Lipinski definition) is 1. The Bertz CT molecular complexity index is 341. The zero-order chi connectivity index (χ0) is 13.0. The van der Waals surface area contributed by atoms with E-state index in [1.54, 1.807) is 0 Å². The van der Waals surface area contributed by atoms with E-state index in [4.69, 9.17) is 4.52 Å². The van der Waals surface area contributed by atoms with E-state index in [9.17, 15) is 0 Å². The zero-order valence-electron chi connectivity index (χ0n) is 11.6. The van der Waals surface area contributed by atoms with Gasteiger partial charge in [-0.2, -0.15) is 4.98 Å². The number of aromatic nitrogens is 2. The van der Waals surface area contributed by atoms with Crippen molar-refractivity contribution in [3.05, 3.63) is 12.2 Å². The van der Waals surface area contributed by atoms with Crippen LogP contribution in [0.5, 0.6) is 0 Å². The number of rotatable bonds is 5. The van der Waals surface area contributed by atoms with Crippen LogP contribution in [-0.4, -0.2) is 46.8 Å². The van der Waals surface area contributed by atoms with Gasteiger partial charge < -0.3 is 9.84 Å². The summed E-state index contributed by atoms with van der Waals surface area (Å²) in [6, 6.07) is 1.26. The zero-order valence-corrected chi connectivity index (χ0v) is 11.6. The summed E-state index contributed by atoms with van der Waals surface area (Å²) in [4.78, 5) is 6.60. The summed E-state index contributed by atoms with van der Waals surface area (Å²) in [6.07, 6.45) is 3.55. The lowest BCUT2D eigenvalue weighted by atomic mass is 9.87. The first-order valence-electron chi connectivity index (χ1n) is 6.95. The van der Waals surface area contributed by atoms with Crippen molar-refractivity contribution in [3.63, 3.8) is 0 Å². The molecule has 0 aromatic carbocycles. The lowest BCUT2D eigenvalue weighted by molar-refractivity contribution is 0.0846. The van der Waals surface area contributed by atoms with Crippen molar-refractivity contribution < 1.29 is 4.52 Å². The predicted octanol–water partition coefficient (Wildman–Crippen LogP) is 1.32. The Morgan fingerprint density at radius 1 is 1.50 bits per heavy atom. The van der Waals surface area contributed by atoms with Gasteiger partial charge in [-0.1, -0.05) is 19.0 Å². The minimum atomic E-state index is 0.603. The van der Waals surface area contributed by atoms with E-state index >= 15 is 0 Å². The lowest BCUT2D eigenvalue weighted by Crippen LogP contribution is -2.53. The summed E-state index contributed by atoms with van der Waals surface area (Å²) in [7, 11) is 0. The molecule has 0 aliphatic carbocycles. The Balaban J connectivity index is 1.84. The van der Waals surface area contributed by atoms with Crippen molar-refractivity contribution in [1.29, 1.82) is 0 Å². The maximum absolute atomic E-state index is 5.05. The Morgan fingerprint density at radius 2 is 2.33 bits per heavy atom. The summed E-state index contributed by atoms with van der Waals surface area (Å²) < 4.78 is 5.05. The van der Waals surface area contributed by atoms with Gasteiger partial charge in [-0.15, -0.1) is 0 Å². The minimum Gasteiger partial charge on any atom is -0.340 e. The quantitative estimate of drug-likeness (QED) is 0.856. The van der Waals surface area contributed by atoms with Crippen molar-refractivity contribution in [3.8, 4) is 0 Å². The molecule has 1 saturated heterocycles. The van der Waals surface area contributed by atoms with Crippen LogP contribution in [-0.2, 0) is 6.42 Å². The molecule has 1 aromatic heterocycles. The topological polar surface area (TPSA) is 54.2 Å². The predicted molar refractivity (Wildman–Crippen MR) is 70.3 cm³/mol. The summed E-state index contributed by atoms with van der Waals surface area (Å²) >= 11 is 0. The molecule has 5 heteroatoms. The van der Waals surface area contributed by atoms with Gasteiger partial charge in [0.1, 0.15) is 0 Å². The molecule has 2 rings (SSSR count). The molecular formula is C13H24N4O. The molecule has 1 N–H and O–H groups in total. The van der Waals surface area contributed by atoms with E-state index in [-0.39, 0.29) is 0 Å². The van der Waals surface area contributed by atoms with Crippen molar-refractivity contribution in [2.24, 2.45) is 5.92 Å². The molecule has 1 aliphatic heterocycles. The highest BCUT2D eigenvalue weighted by molar-refractivity contribution is 4.89. The fraction of sp³-hybridized carbons (Fsp3) is 0.846. The Kier molecular flexibility index (Phi) is 4.72. The molecule has 3 unspecified atom stereocenters. The Hall–Kier alpha value is -0.940. The summed E-state index contributed by atoms with van der Waals surface area (Å²) in [5.41, 5.74) is 0. The van der Waals surface area contributed by atoms with E-state index in [1.807, 2.05) is 0 Å². The Morgan fingerprint density at radius 3 is 3.00 bits per heavy atom. The van der Waals surface area contributed by atoms with Gasteiger partial charge in [0.15, 0.2) is 6.33 Å². The van der Waals surface area contributed by atoms with Crippen molar-refractivity contribution >= 4 is 0 Å². The van der Waals surface area contributed by atoms with E-state index in [0.29, 0.717) is 18.0 Å². The molecule has 102 valence electrons. The highest BCUT2D eigenvalue weighted by Gasteiger charge is 2.31. The molecule has 18 heavy (non-hydrogen) atoms. The van der Waals surface area contributed by atoms with Crippen LogP contribution in [0.4, 0.5) is 0 Å². The first-order valence-corrected chi connectivity index (χ1v) is 6.95. The van der Waals surface area contributed by atoms with Gasteiger partial charge in [0.25, 0.3) is 0 Å². The molecule has 0 spiro atoms. The second kappa shape index (κ2) is 6.29. The average molecular weight is 252 g/mol. The molecule has 2 heterocycles. The second-order valence-electron chi connectivity index (χ2n) is 5.17. The van der Waals surface area contributed by atoms with E-state index < -0.39 is 0 Å². The van der Waals surface area contributed by atoms with Crippen LogP contribution < -0.4 is 5.32 Å². The minimum absolute atomic E-state index is 0.603. The van der Waals surface area contributed by atoms with Crippen LogP contribution >= 0.6 is 0 Å². The third-order valence-electron chi connectivity index (χ3n) is 4.19. The SMILES string of the molecule is CCNC1CCN(CCc2ncno2)C(C)C1C. The largest absolute Gasteiger partial charge is 0.340 e. The van der Waals surface area contributed by atoms with Crippen LogP contribution in [0.25, 0.3) is 0 Å². The first kappa shape index (κ1) is 13.5. The van der Waals surface area contributed by atoms with Crippen molar-refractivity contribution in [1.82, 2.24) is 20.4 Å². The average Bonchev–Trinajstić information content (AvgIpc) is 2.87. The molecule has 0 radical (unpaired) electrons. The summed E-state index contributed by atoms with van der Waals surface area (Å²) in [6.45, 7) is 10.1. The standard InChI is InChI=1S/C13H24N4O/c1-4-14-12-5-7-17(11(3)10(12)2)8-6-13-15-9-16-18-13/h9-12,14H,4-8H2,1-3H3. The van der Waals surface area contributed by atoms with Gasteiger partial charge in [0, 0.05) is 25.0 Å². The van der Waals surface area contributed by atoms with E-state index in [2.05, 4.69) is 41.1 Å². The van der Waals surface area contributed by atoms with E-state index in [0.717, 1.165) is 31.9 Å². The van der Waals surface area contributed by atoms with Crippen LogP contribution in [0, 0.1) is 5.92 Å².